The minimum Gasteiger partial charge on any atom is -0.480 e. The number of aliphatic imine (C=N–C) groups is 1. The Morgan fingerprint density at radius 2 is 1.72 bits per heavy atom. The van der Waals surface area contributed by atoms with Crippen LogP contribution in [0.5, 0.6) is 0 Å². The van der Waals surface area contributed by atoms with Gasteiger partial charge in [0.05, 0.1) is 6.04 Å². The van der Waals surface area contributed by atoms with Crippen molar-refractivity contribution in [3.63, 3.8) is 0 Å². The van der Waals surface area contributed by atoms with Crippen molar-refractivity contribution in [2.75, 3.05) is 6.54 Å². The van der Waals surface area contributed by atoms with Crippen LogP contribution in [0.25, 0.3) is 10.9 Å². The highest BCUT2D eigenvalue weighted by Crippen LogP contribution is 2.19. The van der Waals surface area contributed by atoms with Crippen molar-refractivity contribution in [2.24, 2.45) is 28.1 Å². The van der Waals surface area contributed by atoms with Crippen molar-refractivity contribution in [3.05, 3.63) is 36.0 Å². The Morgan fingerprint density at radius 1 is 1.03 bits per heavy atom. The third kappa shape index (κ3) is 9.28. The first-order valence-electron chi connectivity index (χ1n) is 12.9. The SMILES string of the molecule is CCC(C)C(NC(=O)C(CCCN=C(N)N)NC(=O)C(N)Cc1c[nH]c2ccccc12)C(=O)NC(C)C(=O)O. The van der Waals surface area contributed by atoms with Crippen LogP contribution in [0.3, 0.4) is 0 Å². The fourth-order valence-corrected chi connectivity index (χ4v) is 4.00. The Hall–Kier alpha value is -4.13. The zero-order valence-electron chi connectivity index (χ0n) is 22.6. The number of hydrogen-bond donors (Lipinski definition) is 8. The second-order valence-corrected chi connectivity index (χ2v) is 9.62. The van der Waals surface area contributed by atoms with Gasteiger partial charge in [0.1, 0.15) is 18.1 Å². The Balaban J connectivity index is 2.16. The maximum absolute atomic E-state index is 13.3. The number of para-hydroxylation sites is 1. The Kier molecular flexibility index (Phi) is 11.7. The standard InChI is InChI=1S/C26H40N8O5/c1-4-14(2)21(24(37)32-15(3)25(38)39)34-23(36)20(10-7-11-30-26(28)29)33-22(35)18(27)12-16-13-31-19-9-6-5-8-17(16)19/h5-6,8-9,13-15,18,20-21,31H,4,7,10-12,27H2,1-3H3,(H,32,37)(H,33,35)(H,34,36)(H,38,39)(H4,28,29,30). The predicted octanol–water partition coefficient (Wildman–Crippen LogP) is -0.304. The molecular formula is C26H40N8O5. The van der Waals surface area contributed by atoms with Crippen LogP contribution in [-0.2, 0) is 25.6 Å². The number of carboxylic acid groups (broad SMARTS) is 1. The highest BCUT2D eigenvalue weighted by molar-refractivity contribution is 5.94. The van der Waals surface area contributed by atoms with Crippen molar-refractivity contribution >= 4 is 40.6 Å². The van der Waals surface area contributed by atoms with Gasteiger partial charge < -0.3 is 43.2 Å². The molecule has 39 heavy (non-hydrogen) atoms. The van der Waals surface area contributed by atoms with Gasteiger partial charge in [0.25, 0.3) is 0 Å². The van der Waals surface area contributed by atoms with Crippen molar-refractivity contribution in [3.8, 4) is 0 Å². The number of nitrogens with zero attached hydrogens (tertiary/aromatic N) is 1. The number of aromatic amines is 1. The number of nitrogens with one attached hydrogen (secondary N) is 4. The number of amides is 3. The maximum Gasteiger partial charge on any atom is 0.325 e. The molecule has 0 spiro atoms. The molecule has 3 amide bonds. The van der Waals surface area contributed by atoms with Gasteiger partial charge in [0.2, 0.25) is 17.7 Å². The van der Waals surface area contributed by atoms with Crippen LogP contribution in [0.4, 0.5) is 0 Å². The summed E-state index contributed by atoms with van der Waals surface area (Å²) >= 11 is 0. The van der Waals surface area contributed by atoms with Gasteiger partial charge in [-0.1, -0.05) is 38.5 Å². The second-order valence-electron chi connectivity index (χ2n) is 9.62. The predicted molar refractivity (Wildman–Crippen MR) is 148 cm³/mol. The summed E-state index contributed by atoms with van der Waals surface area (Å²) in [4.78, 5) is 57.5. The molecule has 2 aromatic rings. The minimum absolute atomic E-state index is 0.0955. The largest absolute Gasteiger partial charge is 0.480 e. The van der Waals surface area contributed by atoms with E-state index in [1.165, 1.54) is 6.92 Å². The molecule has 2 rings (SSSR count). The third-order valence-electron chi connectivity index (χ3n) is 6.55. The lowest BCUT2D eigenvalue weighted by molar-refractivity contribution is -0.142. The van der Waals surface area contributed by atoms with E-state index in [2.05, 4.69) is 25.9 Å². The number of hydrogen-bond acceptors (Lipinski definition) is 6. The Morgan fingerprint density at radius 3 is 2.36 bits per heavy atom. The molecule has 5 atom stereocenters. The molecule has 13 heteroatoms. The molecule has 0 bridgehead atoms. The lowest BCUT2D eigenvalue weighted by atomic mass is 9.97. The quantitative estimate of drug-likeness (QED) is 0.0840. The van der Waals surface area contributed by atoms with Crippen LogP contribution in [-0.4, -0.2) is 70.5 Å². The number of benzene rings is 1. The van der Waals surface area contributed by atoms with Gasteiger partial charge in [-0.05, 0) is 43.7 Å². The van der Waals surface area contributed by atoms with E-state index in [1.54, 1.807) is 13.1 Å². The van der Waals surface area contributed by atoms with Crippen LogP contribution in [0.15, 0.2) is 35.5 Å². The number of carbonyl (C=O) groups excluding carboxylic acids is 3. The molecule has 0 aliphatic carbocycles. The smallest absolute Gasteiger partial charge is 0.325 e. The second kappa shape index (κ2) is 14.7. The molecule has 0 fully saturated rings. The molecule has 1 aromatic carbocycles. The van der Waals surface area contributed by atoms with E-state index >= 15 is 0 Å². The number of carbonyl (C=O) groups is 4. The van der Waals surface area contributed by atoms with Crippen molar-refractivity contribution in [2.45, 2.75) is 70.6 Å². The molecule has 1 heterocycles. The van der Waals surface area contributed by atoms with Crippen LogP contribution in [0, 0.1) is 5.92 Å². The Bertz CT molecular complexity index is 1180. The van der Waals surface area contributed by atoms with E-state index in [0.29, 0.717) is 12.8 Å². The van der Waals surface area contributed by atoms with E-state index in [-0.39, 0.29) is 31.3 Å². The number of rotatable bonds is 15. The van der Waals surface area contributed by atoms with Crippen LogP contribution < -0.4 is 33.2 Å². The molecule has 13 nitrogen and oxygen atoms in total. The lowest BCUT2D eigenvalue weighted by Crippen LogP contribution is -2.58. The van der Waals surface area contributed by atoms with Crippen LogP contribution in [0.1, 0.15) is 45.6 Å². The molecule has 0 aliphatic heterocycles. The third-order valence-corrected chi connectivity index (χ3v) is 6.55. The minimum atomic E-state index is -1.20. The van der Waals surface area contributed by atoms with Gasteiger partial charge in [-0.2, -0.15) is 0 Å². The lowest BCUT2D eigenvalue weighted by Gasteiger charge is -2.27. The highest BCUT2D eigenvalue weighted by atomic mass is 16.4. The van der Waals surface area contributed by atoms with Gasteiger partial charge in [-0.3, -0.25) is 24.2 Å². The topological polar surface area (TPSA) is 231 Å². The first kappa shape index (κ1) is 31.1. The first-order chi connectivity index (χ1) is 18.4. The summed E-state index contributed by atoms with van der Waals surface area (Å²) in [5.74, 6) is -3.37. The highest BCUT2D eigenvalue weighted by Gasteiger charge is 2.32. The molecule has 5 unspecified atom stereocenters. The fraction of sp³-hybridized carbons (Fsp3) is 0.500. The van der Waals surface area contributed by atoms with Crippen LogP contribution >= 0.6 is 0 Å². The fourth-order valence-electron chi connectivity index (χ4n) is 4.00. The molecule has 214 valence electrons. The normalized spacial score (nSPS) is 14.9. The molecule has 1 aromatic heterocycles. The van der Waals surface area contributed by atoms with E-state index in [4.69, 9.17) is 22.3 Å². The molecule has 0 saturated heterocycles. The van der Waals surface area contributed by atoms with Gasteiger partial charge in [0.15, 0.2) is 5.96 Å². The summed E-state index contributed by atoms with van der Waals surface area (Å²) in [7, 11) is 0. The van der Waals surface area contributed by atoms with E-state index in [9.17, 15) is 19.2 Å². The number of nitrogens with two attached hydrogens (primary N) is 3. The zero-order valence-corrected chi connectivity index (χ0v) is 22.6. The van der Waals surface area contributed by atoms with Gasteiger partial charge >= 0.3 is 5.97 Å². The van der Waals surface area contributed by atoms with Gasteiger partial charge in [-0.25, -0.2) is 0 Å². The molecule has 11 N–H and O–H groups in total. The summed E-state index contributed by atoms with van der Waals surface area (Å²) < 4.78 is 0. The monoisotopic (exact) mass is 544 g/mol. The average molecular weight is 545 g/mol. The summed E-state index contributed by atoms with van der Waals surface area (Å²) in [6.45, 7) is 5.17. The number of carboxylic acids is 1. The maximum atomic E-state index is 13.3. The Labute approximate surface area is 227 Å². The number of H-pyrrole nitrogens is 1. The summed E-state index contributed by atoms with van der Waals surface area (Å²) in [6.07, 6.45) is 3.11. The molecule has 0 aliphatic rings. The van der Waals surface area contributed by atoms with Crippen molar-refractivity contribution in [1.29, 1.82) is 0 Å². The summed E-state index contributed by atoms with van der Waals surface area (Å²) in [5.41, 5.74) is 18.7. The van der Waals surface area contributed by atoms with Gasteiger partial charge in [0, 0.05) is 23.6 Å². The zero-order chi connectivity index (χ0) is 29.1. The summed E-state index contributed by atoms with van der Waals surface area (Å²) in [5, 5.41) is 17.9. The number of fused-ring (bicyclic) bond motifs is 1. The molecule has 0 radical (unpaired) electrons. The van der Waals surface area contributed by atoms with Crippen molar-refractivity contribution in [1.82, 2.24) is 20.9 Å². The van der Waals surface area contributed by atoms with E-state index < -0.39 is 47.9 Å². The van der Waals surface area contributed by atoms with Crippen LogP contribution in [0.2, 0.25) is 0 Å². The van der Waals surface area contributed by atoms with E-state index in [1.807, 2.05) is 31.2 Å². The number of guanidine groups is 1. The summed E-state index contributed by atoms with van der Waals surface area (Å²) in [6, 6.07) is 3.51. The number of aliphatic carboxylic acids is 1. The van der Waals surface area contributed by atoms with Crippen molar-refractivity contribution < 1.29 is 24.3 Å². The first-order valence-corrected chi connectivity index (χ1v) is 12.9. The molecule has 0 saturated carbocycles. The number of aromatic nitrogens is 1. The average Bonchev–Trinajstić information content (AvgIpc) is 3.30. The van der Waals surface area contributed by atoms with E-state index in [0.717, 1.165) is 16.5 Å². The van der Waals surface area contributed by atoms with Gasteiger partial charge in [-0.15, -0.1) is 0 Å². The molecular weight excluding hydrogens is 504 g/mol.